The second-order valence-corrected chi connectivity index (χ2v) is 10.2. The Morgan fingerprint density at radius 3 is 2.48 bits per heavy atom. The molecule has 1 fully saturated rings. The lowest BCUT2D eigenvalue weighted by atomic mass is 10.1. The number of carbonyl (C=O) groups is 1. The van der Waals surface area contributed by atoms with Crippen LogP contribution in [0.1, 0.15) is 5.56 Å². The van der Waals surface area contributed by atoms with E-state index in [9.17, 15) is 17.6 Å². The van der Waals surface area contributed by atoms with Crippen LogP contribution in [0.3, 0.4) is 0 Å². The van der Waals surface area contributed by atoms with Gasteiger partial charge in [0.1, 0.15) is 10.7 Å². The van der Waals surface area contributed by atoms with Crippen LogP contribution in [-0.2, 0) is 14.8 Å². The van der Waals surface area contributed by atoms with Crippen molar-refractivity contribution in [2.24, 2.45) is 0 Å². The van der Waals surface area contributed by atoms with Gasteiger partial charge in [0.05, 0.1) is 16.3 Å². The van der Waals surface area contributed by atoms with Crippen molar-refractivity contribution < 1.29 is 17.6 Å². The molecule has 0 aliphatic carbocycles. The predicted octanol–water partition coefficient (Wildman–Crippen LogP) is 3.31. The Bertz CT molecular complexity index is 1230. The van der Waals surface area contributed by atoms with E-state index in [0.29, 0.717) is 0 Å². The summed E-state index contributed by atoms with van der Waals surface area (Å²) in [6.45, 7) is 2.85. The summed E-state index contributed by atoms with van der Waals surface area (Å²) in [5.74, 6) is -0.610. The number of fused-ring (bicyclic) bond motifs is 1. The average Bonchev–Trinajstić information content (AvgIpc) is 2.78. The van der Waals surface area contributed by atoms with Crippen LogP contribution in [0.25, 0.3) is 10.9 Å². The van der Waals surface area contributed by atoms with Crippen LogP contribution in [0, 0.1) is 12.7 Å². The Morgan fingerprint density at radius 1 is 1.06 bits per heavy atom. The number of thioether (sulfide) groups is 1. The van der Waals surface area contributed by atoms with E-state index in [1.54, 1.807) is 4.90 Å². The quantitative estimate of drug-likeness (QED) is 0.548. The molecule has 1 aliphatic rings. The molecule has 9 heteroatoms. The molecule has 0 unspecified atom stereocenters. The maximum atomic E-state index is 14.0. The maximum absolute atomic E-state index is 14.0. The number of halogens is 1. The monoisotopic (exact) mass is 459 g/mol. The molecule has 162 valence electrons. The fourth-order valence-electron chi connectivity index (χ4n) is 3.59. The molecule has 0 radical (unpaired) electrons. The fourth-order valence-corrected chi connectivity index (χ4v) is 5.95. The molecule has 0 bridgehead atoms. The second-order valence-electron chi connectivity index (χ2n) is 7.30. The van der Waals surface area contributed by atoms with Gasteiger partial charge in [0.15, 0.2) is 0 Å². The normalized spacial score (nSPS) is 15.4. The fraction of sp³-hybridized carbons (Fsp3) is 0.273. The maximum Gasteiger partial charge on any atom is 0.246 e. The first-order valence-electron chi connectivity index (χ1n) is 9.88. The van der Waals surface area contributed by atoms with Crippen LogP contribution >= 0.6 is 11.8 Å². The van der Waals surface area contributed by atoms with Crippen LogP contribution in [0.2, 0.25) is 0 Å². The van der Waals surface area contributed by atoms with Gasteiger partial charge in [-0.15, -0.1) is 0 Å². The molecule has 1 aliphatic heterocycles. The van der Waals surface area contributed by atoms with Crippen molar-refractivity contribution in [3.8, 4) is 0 Å². The summed E-state index contributed by atoms with van der Waals surface area (Å²) < 4.78 is 40.6. The van der Waals surface area contributed by atoms with Crippen LogP contribution in [-0.4, -0.2) is 60.4 Å². The van der Waals surface area contributed by atoms with Crippen molar-refractivity contribution in [1.82, 2.24) is 14.2 Å². The van der Waals surface area contributed by atoms with Gasteiger partial charge in [-0.3, -0.25) is 4.79 Å². The molecule has 6 nitrogen and oxygen atoms in total. The number of pyridine rings is 1. The summed E-state index contributed by atoms with van der Waals surface area (Å²) in [5, 5.41) is 1.87. The van der Waals surface area contributed by atoms with E-state index in [1.165, 1.54) is 34.3 Å². The number of para-hydroxylation sites is 1. The lowest BCUT2D eigenvalue weighted by molar-refractivity contribution is -0.129. The van der Waals surface area contributed by atoms with Crippen LogP contribution in [0.4, 0.5) is 4.39 Å². The van der Waals surface area contributed by atoms with Crippen molar-refractivity contribution in [3.05, 3.63) is 66.0 Å². The van der Waals surface area contributed by atoms with Gasteiger partial charge < -0.3 is 4.90 Å². The zero-order valence-corrected chi connectivity index (χ0v) is 18.6. The molecule has 2 heterocycles. The molecule has 1 amide bonds. The molecular formula is C22H22FN3O3S2. The van der Waals surface area contributed by atoms with Crippen LogP contribution in [0.15, 0.2) is 64.5 Å². The smallest absolute Gasteiger partial charge is 0.246 e. The van der Waals surface area contributed by atoms with Crippen LogP contribution in [0.5, 0.6) is 0 Å². The molecular weight excluding hydrogens is 437 g/mol. The number of aromatic nitrogens is 1. The van der Waals surface area contributed by atoms with Gasteiger partial charge >= 0.3 is 0 Å². The second kappa shape index (κ2) is 8.94. The Hall–Kier alpha value is -2.49. The van der Waals surface area contributed by atoms with E-state index in [2.05, 4.69) is 4.98 Å². The summed E-state index contributed by atoms with van der Waals surface area (Å²) in [5.41, 5.74) is 2.00. The minimum absolute atomic E-state index is 0.0689. The van der Waals surface area contributed by atoms with Gasteiger partial charge in [-0.25, -0.2) is 17.8 Å². The van der Waals surface area contributed by atoms with E-state index in [4.69, 9.17) is 0 Å². The zero-order chi connectivity index (χ0) is 22.0. The SMILES string of the molecule is Cc1cc(SCC(=O)N2CCN(S(=O)(=O)c3ccccc3F)CC2)nc2ccccc12. The van der Waals surface area contributed by atoms with Gasteiger partial charge in [0, 0.05) is 31.6 Å². The number of rotatable bonds is 5. The van der Waals surface area contributed by atoms with Gasteiger partial charge in [0.2, 0.25) is 15.9 Å². The Labute approximate surface area is 185 Å². The first-order chi connectivity index (χ1) is 14.9. The Balaban J connectivity index is 1.36. The third kappa shape index (κ3) is 4.58. The number of piperazine rings is 1. The van der Waals surface area contributed by atoms with Gasteiger partial charge in [0.25, 0.3) is 0 Å². The zero-order valence-electron chi connectivity index (χ0n) is 17.0. The highest BCUT2D eigenvalue weighted by Crippen LogP contribution is 2.24. The van der Waals surface area contributed by atoms with Crippen LogP contribution < -0.4 is 0 Å². The molecule has 1 saturated heterocycles. The number of carbonyl (C=O) groups excluding carboxylic acids is 1. The van der Waals surface area contributed by atoms with Gasteiger partial charge in [-0.05, 0) is 36.8 Å². The number of nitrogens with zero attached hydrogens (tertiary/aromatic N) is 3. The third-order valence-electron chi connectivity index (χ3n) is 5.29. The largest absolute Gasteiger partial charge is 0.339 e. The van der Waals surface area contributed by atoms with E-state index in [1.807, 2.05) is 37.3 Å². The summed E-state index contributed by atoms with van der Waals surface area (Å²) in [4.78, 5) is 18.6. The van der Waals surface area contributed by atoms with Crippen molar-refractivity contribution in [1.29, 1.82) is 0 Å². The van der Waals surface area contributed by atoms with Crippen molar-refractivity contribution in [3.63, 3.8) is 0 Å². The number of hydrogen-bond donors (Lipinski definition) is 0. The number of benzene rings is 2. The highest BCUT2D eigenvalue weighted by molar-refractivity contribution is 7.99. The topological polar surface area (TPSA) is 70.6 Å². The molecule has 0 spiro atoms. The minimum atomic E-state index is -3.92. The Kier molecular flexibility index (Phi) is 6.27. The van der Waals surface area contributed by atoms with E-state index in [-0.39, 0.29) is 42.7 Å². The van der Waals surface area contributed by atoms with E-state index < -0.39 is 15.8 Å². The van der Waals surface area contributed by atoms with Crippen molar-refractivity contribution in [2.75, 3.05) is 31.9 Å². The van der Waals surface area contributed by atoms with E-state index >= 15 is 0 Å². The van der Waals surface area contributed by atoms with Gasteiger partial charge in [-0.1, -0.05) is 42.1 Å². The van der Waals surface area contributed by atoms with Crippen molar-refractivity contribution in [2.45, 2.75) is 16.8 Å². The van der Waals surface area contributed by atoms with Gasteiger partial charge in [-0.2, -0.15) is 4.31 Å². The molecule has 0 N–H and O–H groups in total. The molecule has 2 aromatic carbocycles. The lowest BCUT2D eigenvalue weighted by Gasteiger charge is -2.34. The number of aryl methyl sites for hydroxylation is 1. The molecule has 31 heavy (non-hydrogen) atoms. The van der Waals surface area contributed by atoms with Crippen molar-refractivity contribution >= 4 is 38.6 Å². The molecule has 0 saturated carbocycles. The summed E-state index contributed by atoms with van der Waals surface area (Å²) >= 11 is 1.37. The molecule has 3 aromatic rings. The minimum Gasteiger partial charge on any atom is -0.339 e. The first-order valence-corrected chi connectivity index (χ1v) is 12.3. The molecule has 1 aromatic heterocycles. The number of hydrogen-bond acceptors (Lipinski definition) is 5. The average molecular weight is 460 g/mol. The molecule has 0 atom stereocenters. The molecule has 4 rings (SSSR count). The Morgan fingerprint density at radius 2 is 1.74 bits per heavy atom. The summed E-state index contributed by atoms with van der Waals surface area (Å²) in [6.07, 6.45) is 0. The standard InChI is InChI=1S/C22H22FN3O3S2/c1-16-14-21(24-19-8-4-2-6-17(16)19)30-15-22(27)25-10-12-26(13-11-25)31(28,29)20-9-5-3-7-18(20)23/h2-9,14H,10-13,15H2,1H3. The summed E-state index contributed by atoms with van der Waals surface area (Å²) in [6, 6.07) is 15.2. The summed E-state index contributed by atoms with van der Waals surface area (Å²) in [7, 11) is -3.92. The number of sulfonamides is 1. The predicted molar refractivity (Wildman–Crippen MR) is 119 cm³/mol. The number of amides is 1. The third-order valence-corrected chi connectivity index (χ3v) is 8.12. The highest BCUT2D eigenvalue weighted by atomic mass is 32.2. The first kappa shape index (κ1) is 21.7. The highest BCUT2D eigenvalue weighted by Gasteiger charge is 2.31. The van der Waals surface area contributed by atoms with E-state index in [0.717, 1.165) is 27.6 Å². The lowest BCUT2D eigenvalue weighted by Crippen LogP contribution is -2.51.